The molecule has 0 aliphatic rings. The highest BCUT2D eigenvalue weighted by Gasteiger charge is 2.23. The van der Waals surface area contributed by atoms with E-state index in [0.29, 0.717) is 0 Å². The van der Waals surface area contributed by atoms with Gasteiger partial charge >= 0.3 is 15.4 Å². The Morgan fingerprint density at radius 3 is 1.56 bits per heavy atom. The summed E-state index contributed by atoms with van der Waals surface area (Å²) in [6.45, 7) is 0. The van der Waals surface area contributed by atoms with Gasteiger partial charge in [-0.05, 0) is 0 Å². The van der Waals surface area contributed by atoms with Gasteiger partial charge in [0, 0.05) is 0 Å². The third kappa shape index (κ3) is 8.26. The maximum Gasteiger partial charge on any atom is 0.408 e. The van der Waals surface area contributed by atoms with Gasteiger partial charge in [-0.1, -0.05) is 0 Å². The maximum atomic E-state index is 9.96. The predicted molar refractivity (Wildman–Crippen MR) is 29.2 cm³/mol. The van der Waals surface area contributed by atoms with Crippen molar-refractivity contribution < 1.29 is 23.8 Å². The summed E-state index contributed by atoms with van der Waals surface area (Å²) in [5.41, 5.74) is 4.33. The van der Waals surface area contributed by atoms with E-state index in [-0.39, 0.29) is 0 Å². The summed E-state index contributed by atoms with van der Waals surface area (Å²) in [7, 11) is -8.98. The second-order valence-electron chi connectivity index (χ2n) is 1.27. The molecule has 9 heavy (non-hydrogen) atoms. The van der Waals surface area contributed by atoms with Crippen molar-refractivity contribution in [1.82, 2.24) is 4.86 Å². The lowest BCUT2D eigenvalue weighted by Gasteiger charge is -2.06. The second-order valence-corrected chi connectivity index (χ2v) is 4.40. The fraction of sp³-hybridized carbons (Fsp3) is 0. The Balaban J connectivity index is 4.07. The molecule has 9 heteroatoms. The van der Waals surface area contributed by atoms with E-state index in [4.69, 9.17) is 14.7 Å². The predicted octanol–water partition coefficient (Wildman–Crippen LogP) is -1.27. The number of nitrogens with one attached hydrogen (secondary N) is 1. The van der Waals surface area contributed by atoms with Gasteiger partial charge in [-0.25, -0.2) is 10.1 Å². The van der Waals surface area contributed by atoms with Crippen molar-refractivity contribution in [2.24, 2.45) is 5.50 Å². The molecule has 0 rings (SSSR count). The van der Waals surface area contributed by atoms with Crippen molar-refractivity contribution in [3.8, 4) is 0 Å². The van der Waals surface area contributed by atoms with Gasteiger partial charge in [-0.2, -0.15) is 0 Å². The first-order chi connectivity index (χ1) is 3.71. The van der Waals surface area contributed by atoms with Crippen LogP contribution in [0.5, 0.6) is 0 Å². The topological polar surface area (TPSA) is 133 Å². The van der Waals surface area contributed by atoms with Crippen LogP contribution in [0.2, 0.25) is 0 Å². The highest BCUT2D eigenvalue weighted by Crippen LogP contribution is 2.41. The first-order valence-electron chi connectivity index (χ1n) is 1.67. The van der Waals surface area contributed by atoms with Crippen molar-refractivity contribution >= 4 is 15.4 Å². The molecule has 0 aromatic carbocycles. The molecule has 0 amide bonds. The lowest BCUT2D eigenvalue weighted by molar-refractivity contribution is 0.363. The minimum Gasteiger partial charge on any atom is -0.322 e. The van der Waals surface area contributed by atoms with Gasteiger partial charge in [-0.15, -0.1) is 4.86 Å². The van der Waals surface area contributed by atoms with Crippen LogP contribution in [0, 0.1) is 0 Å². The van der Waals surface area contributed by atoms with Crippen molar-refractivity contribution in [3.05, 3.63) is 0 Å². The van der Waals surface area contributed by atoms with E-state index in [1.54, 1.807) is 0 Å². The Hall–Kier alpha value is 0.260. The van der Waals surface area contributed by atoms with Gasteiger partial charge in [0.05, 0.1) is 0 Å². The van der Waals surface area contributed by atoms with E-state index in [1.165, 1.54) is 0 Å². The van der Waals surface area contributed by atoms with Crippen LogP contribution in [0.4, 0.5) is 0 Å². The molecule has 0 aliphatic heterocycles. The van der Waals surface area contributed by atoms with Gasteiger partial charge < -0.3 is 14.7 Å². The summed E-state index contributed by atoms with van der Waals surface area (Å²) >= 11 is 0. The van der Waals surface area contributed by atoms with Crippen LogP contribution in [0.15, 0.2) is 0 Å². The Morgan fingerprint density at radius 1 is 1.22 bits per heavy atom. The number of rotatable bonds is 2. The summed E-state index contributed by atoms with van der Waals surface area (Å²) in [5.74, 6) is 0. The van der Waals surface area contributed by atoms with E-state index in [9.17, 15) is 9.13 Å². The zero-order valence-corrected chi connectivity index (χ0v) is 5.92. The molecule has 0 aliphatic carbocycles. The highest BCUT2D eigenvalue weighted by atomic mass is 31.3. The van der Waals surface area contributed by atoms with Crippen LogP contribution >= 0.6 is 15.4 Å². The SMILES string of the molecule is NP(=O)(O)NP(=O)(O)O. The number of hydrogen-bond acceptors (Lipinski definition) is 2. The molecule has 56 valence electrons. The van der Waals surface area contributed by atoms with Crippen molar-refractivity contribution in [2.75, 3.05) is 0 Å². The first kappa shape index (κ1) is 9.26. The van der Waals surface area contributed by atoms with Gasteiger partial charge in [0.1, 0.15) is 0 Å². The Labute approximate surface area is 50.7 Å². The quantitative estimate of drug-likeness (QED) is 0.331. The summed E-state index contributed by atoms with van der Waals surface area (Å²) in [6, 6.07) is 0. The standard InChI is InChI=1S/H6N2O5P2/c1-8(3,4)2-9(5,6)7/h(H6,1,2,3,4,5,6,7). The van der Waals surface area contributed by atoms with Gasteiger partial charge in [0.2, 0.25) is 0 Å². The molecule has 1 atom stereocenters. The average Bonchev–Trinajstić information content (AvgIpc) is 1.14. The minimum absolute atomic E-state index is 1.01. The molecule has 0 saturated carbocycles. The Kier molecular flexibility index (Phi) is 2.55. The van der Waals surface area contributed by atoms with E-state index in [1.807, 2.05) is 0 Å². The lowest BCUT2D eigenvalue weighted by atomic mass is 13.8. The molecule has 0 radical (unpaired) electrons. The number of nitrogens with two attached hydrogens (primary N) is 1. The molecule has 0 aromatic rings. The van der Waals surface area contributed by atoms with Crippen LogP contribution in [-0.2, 0) is 9.13 Å². The summed E-state index contributed by atoms with van der Waals surface area (Å²) in [5, 5.41) is 0. The molecule has 6 N–H and O–H groups in total. The van der Waals surface area contributed by atoms with Crippen molar-refractivity contribution in [3.63, 3.8) is 0 Å². The molecule has 0 bridgehead atoms. The second kappa shape index (κ2) is 2.48. The monoisotopic (exact) mass is 176 g/mol. The molecule has 0 spiro atoms. The molecule has 0 heterocycles. The third-order valence-electron chi connectivity index (χ3n) is 0.274. The fourth-order valence-electron chi connectivity index (χ4n) is 0.187. The highest BCUT2D eigenvalue weighted by molar-refractivity contribution is 7.67. The summed E-state index contributed by atoms with van der Waals surface area (Å²) in [6.07, 6.45) is 0. The van der Waals surface area contributed by atoms with E-state index in [0.717, 1.165) is 4.86 Å². The van der Waals surface area contributed by atoms with E-state index >= 15 is 0 Å². The average molecular weight is 176 g/mol. The minimum atomic E-state index is -4.68. The molecule has 0 saturated heterocycles. The van der Waals surface area contributed by atoms with E-state index in [2.05, 4.69) is 5.50 Å². The molecular formula is H6N2O5P2. The van der Waals surface area contributed by atoms with Crippen LogP contribution in [-0.4, -0.2) is 14.7 Å². The van der Waals surface area contributed by atoms with Crippen molar-refractivity contribution in [2.45, 2.75) is 0 Å². The smallest absolute Gasteiger partial charge is 0.322 e. The normalized spacial score (nSPS) is 19.1. The molecule has 0 fully saturated rings. The van der Waals surface area contributed by atoms with Crippen LogP contribution in [0.1, 0.15) is 0 Å². The van der Waals surface area contributed by atoms with Gasteiger partial charge in [-0.3, -0.25) is 4.57 Å². The zero-order valence-electron chi connectivity index (χ0n) is 4.13. The van der Waals surface area contributed by atoms with Crippen LogP contribution < -0.4 is 10.4 Å². The summed E-state index contributed by atoms with van der Waals surface area (Å²) in [4.78, 5) is 25.0. The molecule has 7 nitrogen and oxygen atoms in total. The summed E-state index contributed by atoms with van der Waals surface area (Å²) < 4.78 is 19.8. The third-order valence-corrected chi connectivity index (χ3v) is 2.46. The van der Waals surface area contributed by atoms with Crippen LogP contribution in [0.3, 0.4) is 0 Å². The van der Waals surface area contributed by atoms with Crippen molar-refractivity contribution in [1.29, 1.82) is 0 Å². The maximum absolute atomic E-state index is 9.96. The Bertz CT molecular complexity index is 153. The fourth-order valence-corrected chi connectivity index (χ4v) is 1.68. The zero-order chi connectivity index (χ0) is 7.71. The van der Waals surface area contributed by atoms with Gasteiger partial charge in [0.25, 0.3) is 0 Å². The largest absolute Gasteiger partial charge is 0.408 e. The molecule has 1 unspecified atom stereocenters. The lowest BCUT2D eigenvalue weighted by Crippen LogP contribution is -2.11. The Morgan fingerprint density at radius 2 is 1.56 bits per heavy atom. The molecular weight excluding hydrogens is 170 g/mol. The van der Waals surface area contributed by atoms with Gasteiger partial charge in [0.15, 0.2) is 0 Å². The number of hydrogen-bond donors (Lipinski definition) is 5. The molecule has 0 aromatic heterocycles. The first-order valence-corrected chi connectivity index (χ1v) is 5.01. The van der Waals surface area contributed by atoms with Crippen LogP contribution in [0.25, 0.3) is 0 Å². The van der Waals surface area contributed by atoms with E-state index < -0.39 is 15.4 Å².